The van der Waals surface area contributed by atoms with E-state index in [0.717, 1.165) is 12.8 Å². The zero-order valence-corrected chi connectivity index (χ0v) is 21.4. The summed E-state index contributed by atoms with van der Waals surface area (Å²) in [5.74, 6) is -0.493. The number of rotatable bonds is 9. The Morgan fingerprint density at radius 3 is 2.48 bits per heavy atom. The van der Waals surface area contributed by atoms with Crippen LogP contribution in [0.4, 0.5) is 0 Å². The number of hydrogen-bond donors (Lipinski definition) is 5. The summed E-state index contributed by atoms with van der Waals surface area (Å²) in [7, 11) is -5.60. The number of carbonyl (C=O) groups is 1. The predicted molar refractivity (Wildman–Crippen MR) is 120 cm³/mol. The van der Waals surface area contributed by atoms with E-state index in [-0.39, 0.29) is 5.92 Å². The number of quaternary nitrogens is 1. The highest BCUT2D eigenvalue weighted by molar-refractivity contribution is 7.84. The van der Waals surface area contributed by atoms with Crippen LogP contribution in [-0.2, 0) is 29.4 Å². The molecule has 194 valence electrons. The molecular formula is C18H34ClN2O10PS. The van der Waals surface area contributed by atoms with E-state index in [9.17, 15) is 29.0 Å². The van der Waals surface area contributed by atoms with Crippen LogP contribution in [-0.4, -0.2) is 102 Å². The number of ether oxygens (including phenoxy) is 1. The fourth-order valence-corrected chi connectivity index (χ4v) is 6.36. The second-order valence-corrected chi connectivity index (χ2v) is 12.3. The number of alkyl halides is 1. The first-order chi connectivity index (χ1) is 15.1. The van der Waals surface area contributed by atoms with E-state index in [0.29, 0.717) is 13.0 Å². The minimum Gasteiger partial charge on any atom is -0.632 e. The van der Waals surface area contributed by atoms with Gasteiger partial charge in [0, 0.05) is 18.6 Å². The quantitative estimate of drug-likeness (QED) is 0.112. The van der Waals surface area contributed by atoms with Gasteiger partial charge in [0.1, 0.15) is 24.4 Å². The summed E-state index contributed by atoms with van der Waals surface area (Å²) < 4.78 is 32.9. The maximum absolute atomic E-state index is 13.1. The minimum atomic E-state index is -5.12. The van der Waals surface area contributed by atoms with Crippen LogP contribution in [0.1, 0.15) is 33.1 Å². The molecule has 0 saturated carbocycles. The first-order valence-electron chi connectivity index (χ1n) is 10.7. The van der Waals surface area contributed by atoms with Crippen LogP contribution in [0.3, 0.4) is 0 Å². The summed E-state index contributed by atoms with van der Waals surface area (Å²) in [6.45, 7) is 3.80. The molecule has 0 aromatic rings. The van der Waals surface area contributed by atoms with Gasteiger partial charge in [-0.3, -0.25) is 13.5 Å². The van der Waals surface area contributed by atoms with Crippen LogP contribution < -0.4 is 5.32 Å². The number of hydroxylamine groups is 3. The maximum atomic E-state index is 13.1. The number of aliphatic hydroxyl groups excluding tert-OH is 2. The molecule has 11 atom stereocenters. The zero-order chi connectivity index (χ0) is 25.3. The molecular weight excluding hydrogens is 503 g/mol. The van der Waals surface area contributed by atoms with Crippen molar-refractivity contribution >= 4 is 36.1 Å². The van der Waals surface area contributed by atoms with Crippen molar-refractivity contribution in [1.82, 2.24) is 5.32 Å². The van der Waals surface area contributed by atoms with Crippen LogP contribution in [0.5, 0.6) is 0 Å². The lowest BCUT2D eigenvalue weighted by molar-refractivity contribution is -0.865. The van der Waals surface area contributed by atoms with E-state index in [1.54, 1.807) is 0 Å². The smallest absolute Gasteiger partial charge is 0.470 e. The van der Waals surface area contributed by atoms with E-state index >= 15 is 0 Å². The first kappa shape index (κ1) is 29.1. The molecule has 33 heavy (non-hydrogen) atoms. The molecule has 15 heteroatoms. The van der Waals surface area contributed by atoms with Gasteiger partial charge in [0.25, 0.3) is 5.91 Å². The molecule has 2 heterocycles. The van der Waals surface area contributed by atoms with Gasteiger partial charge >= 0.3 is 7.82 Å². The van der Waals surface area contributed by atoms with Crippen LogP contribution in [0.2, 0.25) is 0 Å². The van der Waals surface area contributed by atoms with Gasteiger partial charge in [0.05, 0.1) is 35.8 Å². The van der Waals surface area contributed by atoms with Gasteiger partial charge in [0.15, 0.2) is 11.5 Å². The number of nitrogens with zero attached hydrogens (tertiary/aromatic N) is 1. The summed E-state index contributed by atoms with van der Waals surface area (Å²) >= 11 is 6.26. The summed E-state index contributed by atoms with van der Waals surface area (Å²) in [5.41, 5.74) is -1.53. The van der Waals surface area contributed by atoms with Crippen LogP contribution in [0.15, 0.2) is 0 Å². The van der Waals surface area contributed by atoms with Crippen molar-refractivity contribution in [2.45, 2.75) is 80.4 Å². The number of likely N-dealkylation sites (N-methyl/N-ethyl adjacent to an activating group) is 1. The monoisotopic (exact) mass is 536 g/mol. The molecule has 0 radical (unpaired) electrons. The second-order valence-electron chi connectivity index (χ2n) is 8.98. The molecule has 2 saturated heterocycles. The van der Waals surface area contributed by atoms with E-state index in [2.05, 4.69) is 9.84 Å². The Kier molecular flexibility index (Phi) is 9.91. The molecule has 0 aliphatic carbocycles. The summed E-state index contributed by atoms with van der Waals surface area (Å²) in [6.07, 6.45) is -3.62. The van der Waals surface area contributed by atoms with E-state index in [1.807, 2.05) is 6.92 Å². The second kappa shape index (κ2) is 11.3. The largest absolute Gasteiger partial charge is 0.632 e. The molecule has 0 aromatic heterocycles. The van der Waals surface area contributed by atoms with Gasteiger partial charge in [0.2, 0.25) is 0 Å². The van der Waals surface area contributed by atoms with Gasteiger partial charge in [-0.15, -0.1) is 11.6 Å². The molecule has 5 N–H and O–H groups in total. The Morgan fingerprint density at radius 2 is 2.00 bits per heavy atom. The molecule has 12 nitrogen and oxygen atoms in total. The average molecular weight is 537 g/mol. The summed E-state index contributed by atoms with van der Waals surface area (Å²) in [4.78, 5) is 31.3. The fraction of sp³-hybridized carbons (Fsp3) is 0.944. The Balaban J connectivity index is 2.25. The predicted octanol–water partition coefficient (Wildman–Crippen LogP) is -0.465. The number of aliphatic hydroxyl groups is 2. The normalized spacial score (nSPS) is 40.2. The number of hydrogen-bond acceptors (Lipinski definition) is 8. The number of nitrogens with one attached hydrogen (secondary N) is 1. The third-order valence-electron chi connectivity index (χ3n) is 6.16. The van der Waals surface area contributed by atoms with Gasteiger partial charge in [-0.2, -0.15) is 0 Å². The number of amides is 1. The van der Waals surface area contributed by atoms with Crippen molar-refractivity contribution < 1.29 is 47.5 Å². The van der Waals surface area contributed by atoms with Gasteiger partial charge in [-0.1, -0.05) is 13.3 Å². The minimum absolute atomic E-state index is 0.0934. The molecule has 0 spiro atoms. The number of phosphoric acid groups is 1. The SMILES string of the molecule is CCC[C@@H]1C[C@@H](C(=O)N[C@@H]([C@H]2O[C@H](S(C)=O)[C@H](OP(=O)(O)O)[C@@H](O)[C@H]2O)[C@H](C)Cl)[N@@+](C)([O-])C1. The van der Waals surface area contributed by atoms with Crippen LogP contribution in [0.25, 0.3) is 0 Å². The maximum Gasteiger partial charge on any atom is 0.470 e. The molecule has 2 rings (SSSR count). The van der Waals surface area contributed by atoms with Crippen molar-refractivity contribution in [2.75, 3.05) is 19.8 Å². The number of likely N-dealkylation sites (tertiary alicyclic amines) is 1. The highest BCUT2D eigenvalue weighted by Gasteiger charge is 2.53. The van der Waals surface area contributed by atoms with Gasteiger partial charge in [-0.05, 0) is 13.3 Å². The lowest BCUT2D eigenvalue weighted by atomic mass is 9.92. The molecule has 2 aliphatic rings. The third kappa shape index (κ3) is 7.17. The van der Waals surface area contributed by atoms with Crippen LogP contribution >= 0.6 is 19.4 Å². The summed E-state index contributed by atoms with van der Waals surface area (Å²) in [6, 6.07) is -2.01. The average Bonchev–Trinajstić information content (AvgIpc) is 2.97. The van der Waals surface area contributed by atoms with Crippen molar-refractivity contribution in [3.8, 4) is 0 Å². The van der Waals surface area contributed by atoms with Gasteiger partial charge in [-0.25, -0.2) is 4.57 Å². The van der Waals surface area contributed by atoms with Crippen LogP contribution in [0, 0.1) is 11.1 Å². The van der Waals surface area contributed by atoms with Crippen molar-refractivity contribution in [1.29, 1.82) is 0 Å². The lowest BCUT2D eigenvalue weighted by Gasteiger charge is -2.45. The highest BCUT2D eigenvalue weighted by atomic mass is 35.5. The third-order valence-corrected chi connectivity index (χ3v) is 7.99. The molecule has 0 aromatic carbocycles. The van der Waals surface area contributed by atoms with Gasteiger partial charge < -0.3 is 39.9 Å². The van der Waals surface area contributed by atoms with E-state index in [1.165, 1.54) is 20.2 Å². The molecule has 1 amide bonds. The highest BCUT2D eigenvalue weighted by Crippen LogP contribution is 2.42. The Labute approximate surface area is 200 Å². The topological polar surface area (TPSA) is 186 Å². The molecule has 0 bridgehead atoms. The molecule has 1 unspecified atom stereocenters. The Bertz CT molecular complexity index is 769. The van der Waals surface area contributed by atoms with Crippen molar-refractivity contribution in [3.63, 3.8) is 0 Å². The number of carbonyl (C=O) groups excluding carboxylic acids is 1. The summed E-state index contributed by atoms with van der Waals surface area (Å²) in [5, 5.41) is 35.8. The molecule has 2 aliphatic heterocycles. The zero-order valence-electron chi connectivity index (χ0n) is 18.9. The van der Waals surface area contributed by atoms with Crippen molar-refractivity contribution in [3.05, 3.63) is 5.21 Å². The Morgan fingerprint density at radius 1 is 1.39 bits per heavy atom. The van der Waals surface area contributed by atoms with E-state index < -0.39 is 76.5 Å². The lowest BCUT2D eigenvalue weighted by Crippen LogP contribution is -2.67. The number of phosphoric ester groups is 1. The van der Waals surface area contributed by atoms with E-state index in [4.69, 9.17) is 26.1 Å². The fourth-order valence-electron chi connectivity index (χ4n) is 4.64. The molecule has 2 fully saturated rings. The Hall–Kier alpha value is -0.180. The van der Waals surface area contributed by atoms with Crippen molar-refractivity contribution in [2.24, 2.45) is 5.92 Å². The standard InChI is InChI=1S/C18H34ClN2O10PS/c1-5-6-10-7-11(21(3,25)8-10)17(24)20-12(9(2)19)15-13(22)14(23)16(31-32(26,27)28)18(30-15)33(4)29/h9-16,18,22-23H,5-8H2,1-4H3,(H,20,24)(H2,26,27,28)/t9-,10+,11-,12+,13+,14-,15+,16+,18+,21-,33?/m0/s1. The first-order valence-corrected chi connectivity index (χ1v) is 14.3. The number of halogens is 1.